The monoisotopic (exact) mass is 193 g/mol. The molecule has 14 heavy (non-hydrogen) atoms. The maximum absolute atomic E-state index is 10.6. The molecule has 1 aromatic heterocycles. The van der Waals surface area contributed by atoms with Crippen molar-refractivity contribution < 1.29 is 4.79 Å². The standard InChI is InChI=1S/C10H15N3O/c11-9(10(12)14)6-3-5-8-4-1-2-7-13-8/h1-2,4,7,9H,3,5-6,11H2,(H2,12,14). The Morgan fingerprint density at radius 3 is 2.86 bits per heavy atom. The van der Waals surface area contributed by atoms with Crippen LogP contribution in [0.3, 0.4) is 0 Å². The van der Waals surface area contributed by atoms with Crippen LogP contribution in [-0.2, 0) is 11.2 Å². The van der Waals surface area contributed by atoms with Gasteiger partial charge in [0.15, 0.2) is 0 Å². The van der Waals surface area contributed by atoms with Crippen molar-refractivity contribution in [1.82, 2.24) is 4.98 Å². The van der Waals surface area contributed by atoms with Gasteiger partial charge in [-0.1, -0.05) is 6.07 Å². The van der Waals surface area contributed by atoms with Gasteiger partial charge in [0.25, 0.3) is 0 Å². The first kappa shape index (κ1) is 10.7. The van der Waals surface area contributed by atoms with Crippen LogP contribution >= 0.6 is 0 Å². The largest absolute Gasteiger partial charge is 0.368 e. The van der Waals surface area contributed by atoms with E-state index in [2.05, 4.69) is 4.98 Å². The van der Waals surface area contributed by atoms with Gasteiger partial charge >= 0.3 is 0 Å². The maximum atomic E-state index is 10.6. The average molecular weight is 193 g/mol. The van der Waals surface area contributed by atoms with Gasteiger partial charge in [-0.3, -0.25) is 9.78 Å². The molecule has 0 spiro atoms. The predicted molar refractivity (Wildman–Crippen MR) is 54.3 cm³/mol. The molecule has 1 atom stereocenters. The molecule has 1 unspecified atom stereocenters. The van der Waals surface area contributed by atoms with Crippen molar-refractivity contribution in [2.45, 2.75) is 25.3 Å². The summed E-state index contributed by atoms with van der Waals surface area (Å²) in [6, 6.07) is 5.24. The van der Waals surface area contributed by atoms with E-state index in [1.165, 1.54) is 0 Å². The summed E-state index contributed by atoms with van der Waals surface area (Å²) < 4.78 is 0. The first-order valence-electron chi connectivity index (χ1n) is 4.65. The lowest BCUT2D eigenvalue weighted by molar-refractivity contribution is -0.119. The molecule has 0 aliphatic carbocycles. The second-order valence-electron chi connectivity index (χ2n) is 3.22. The van der Waals surface area contributed by atoms with Gasteiger partial charge in [0.2, 0.25) is 5.91 Å². The number of hydrogen-bond donors (Lipinski definition) is 2. The minimum atomic E-state index is -0.529. The molecule has 1 aromatic rings. The van der Waals surface area contributed by atoms with Gasteiger partial charge in [-0.2, -0.15) is 0 Å². The van der Waals surface area contributed by atoms with Crippen LogP contribution in [0.5, 0.6) is 0 Å². The van der Waals surface area contributed by atoms with Crippen LogP contribution in [0.15, 0.2) is 24.4 Å². The Morgan fingerprint density at radius 2 is 2.29 bits per heavy atom. The van der Waals surface area contributed by atoms with E-state index in [4.69, 9.17) is 11.5 Å². The number of nitrogens with two attached hydrogens (primary N) is 2. The summed E-state index contributed by atoms with van der Waals surface area (Å²) in [7, 11) is 0. The van der Waals surface area contributed by atoms with Crippen molar-refractivity contribution >= 4 is 5.91 Å². The van der Waals surface area contributed by atoms with Crippen molar-refractivity contribution in [3.63, 3.8) is 0 Å². The Hall–Kier alpha value is -1.42. The van der Waals surface area contributed by atoms with E-state index in [1.54, 1.807) is 6.20 Å². The zero-order valence-corrected chi connectivity index (χ0v) is 8.02. The maximum Gasteiger partial charge on any atom is 0.234 e. The molecule has 0 aromatic carbocycles. The summed E-state index contributed by atoms with van der Waals surface area (Å²) in [4.78, 5) is 14.8. The second-order valence-corrected chi connectivity index (χ2v) is 3.22. The zero-order valence-electron chi connectivity index (χ0n) is 8.02. The molecule has 0 bridgehead atoms. The number of hydrogen-bond acceptors (Lipinski definition) is 3. The third-order valence-electron chi connectivity index (χ3n) is 2.04. The lowest BCUT2D eigenvalue weighted by atomic mass is 10.1. The molecule has 0 aliphatic rings. The van der Waals surface area contributed by atoms with E-state index < -0.39 is 11.9 Å². The number of carbonyl (C=O) groups is 1. The number of aryl methyl sites for hydroxylation is 1. The van der Waals surface area contributed by atoms with Crippen molar-refractivity contribution in [2.24, 2.45) is 11.5 Å². The van der Waals surface area contributed by atoms with Crippen LogP contribution in [0, 0.1) is 0 Å². The average Bonchev–Trinajstić information content (AvgIpc) is 2.19. The predicted octanol–water partition coefficient (Wildman–Crippen LogP) is 0.217. The molecular weight excluding hydrogens is 178 g/mol. The number of amides is 1. The summed E-state index contributed by atoms with van der Waals surface area (Å²) in [5, 5.41) is 0. The van der Waals surface area contributed by atoms with Gasteiger partial charge in [0, 0.05) is 11.9 Å². The lowest BCUT2D eigenvalue weighted by Gasteiger charge is -2.05. The van der Waals surface area contributed by atoms with E-state index in [0.717, 1.165) is 18.5 Å². The molecule has 76 valence electrons. The van der Waals surface area contributed by atoms with Crippen LogP contribution in [0.1, 0.15) is 18.5 Å². The second kappa shape index (κ2) is 5.34. The Morgan fingerprint density at radius 1 is 1.50 bits per heavy atom. The number of primary amides is 1. The Kier molecular flexibility index (Phi) is 4.07. The first-order valence-corrected chi connectivity index (χ1v) is 4.65. The fourth-order valence-electron chi connectivity index (χ4n) is 1.19. The molecule has 4 heteroatoms. The normalized spacial score (nSPS) is 12.4. The van der Waals surface area contributed by atoms with Crippen LogP contribution in [0.25, 0.3) is 0 Å². The molecule has 1 rings (SSSR count). The topological polar surface area (TPSA) is 82.0 Å². The quantitative estimate of drug-likeness (QED) is 0.701. The number of carbonyl (C=O) groups excluding carboxylic acids is 1. The van der Waals surface area contributed by atoms with Crippen LogP contribution in [0.2, 0.25) is 0 Å². The van der Waals surface area contributed by atoms with E-state index in [1.807, 2.05) is 18.2 Å². The van der Waals surface area contributed by atoms with Crippen molar-refractivity contribution in [3.05, 3.63) is 30.1 Å². The molecule has 4 nitrogen and oxygen atoms in total. The van der Waals surface area contributed by atoms with Crippen LogP contribution in [0.4, 0.5) is 0 Å². The Balaban J connectivity index is 2.26. The molecule has 1 amide bonds. The van der Waals surface area contributed by atoms with Gasteiger partial charge < -0.3 is 11.5 Å². The van der Waals surface area contributed by atoms with Gasteiger partial charge in [0.05, 0.1) is 6.04 Å². The third kappa shape index (κ3) is 3.53. The highest BCUT2D eigenvalue weighted by molar-refractivity contribution is 5.79. The van der Waals surface area contributed by atoms with Crippen molar-refractivity contribution in [1.29, 1.82) is 0 Å². The molecule has 0 radical (unpaired) electrons. The highest BCUT2D eigenvalue weighted by atomic mass is 16.1. The highest BCUT2D eigenvalue weighted by Crippen LogP contribution is 2.02. The summed E-state index contributed by atoms with van der Waals surface area (Å²) in [6.07, 6.45) is 4.04. The molecule has 0 fully saturated rings. The van der Waals surface area contributed by atoms with Crippen molar-refractivity contribution in [3.8, 4) is 0 Å². The summed E-state index contributed by atoms with van der Waals surface area (Å²) in [6.45, 7) is 0. The summed E-state index contributed by atoms with van der Waals surface area (Å²) in [5.41, 5.74) is 11.5. The van der Waals surface area contributed by atoms with Gasteiger partial charge in [-0.25, -0.2) is 0 Å². The van der Waals surface area contributed by atoms with E-state index in [9.17, 15) is 4.79 Å². The molecule has 1 heterocycles. The fraction of sp³-hybridized carbons (Fsp3) is 0.400. The van der Waals surface area contributed by atoms with E-state index in [-0.39, 0.29) is 0 Å². The number of nitrogens with zero attached hydrogens (tertiary/aromatic N) is 1. The molecule has 0 saturated heterocycles. The molecule has 0 aliphatic heterocycles. The Labute approximate surface area is 83.3 Å². The Bertz CT molecular complexity index is 287. The van der Waals surface area contributed by atoms with Crippen LogP contribution < -0.4 is 11.5 Å². The lowest BCUT2D eigenvalue weighted by Crippen LogP contribution is -2.36. The molecular formula is C10H15N3O. The van der Waals surface area contributed by atoms with Crippen molar-refractivity contribution in [2.75, 3.05) is 0 Å². The van der Waals surface area contributed by atoms with Gasteiger partial charge in [0.1, 0.15) is 0 Å². The molecule has 0 saturated carbocycles. The van der Waals surface area contributed by atoms with E-state index in [0.29, 0.717) is 6.42 Å². The highest BCUT2D eigenvalue weighted by Gasteiger charge is 2.07. The number of pyridine rings is 1. The van der Waals surface area contributed by atoms with Gasteiger partial charge in [-0.15, -0.1) is 0 Å². The zero-order chi connectivity index (χ0) is 10.4. The summed E-state index contributed by atoms with van der Waals surface area (Å²) >= 11 is 0. The number of aromatic nitrogens is 1. The minimum Gasteiger partial charge on any atom is -0.368 e. The fourth-order valence-corrected chi connectivity index (χ4v) is 1.19. The SMILES string of the molecule is NC(=O)C(N)CCCc1ccccn1. The first-order chi connectivity index (χ1) is 6.70. The molecule has 4 N–H and O–H groups in total. The van der Waals surface area contributed by atoms with E-state index >= 15 is 0 Å². The number of rotatable bonds is 5. The smallest absolute Gasteiger partial charge is 0.234 e. The minimum absolute atomic E-state index is 0.439. The van der Waals surface area contributed by atoms with Crippen LogP contribution in [-0.4, -0.2) is 16.9 Å². The third-order valence-corrected chi connectivity index (χ3v) is 2.04. The van der Waals surface area contributed by atoms with Gasteiger partial charge in [-0.05, 0) is 31.4 Å². The summed E-state index contributed by atoms with van der Waals surface area (Å²) in [5.74, 6) is -0.439.